The van der Waals surface area contributed by atoms with Gasteiger partial charge in [0.2, 0.25) is 0 Å². The highest BCUT2D eigenvalue weighted by molar-refractivity contribution is 5.70. The molecule has 2 heteroatoms. The maximum absolute atomic E-state index is 11.1. The number of benzene rings is 1. The molecular weight excluding hydrogens is 176 g/mol. The predicted molar refractivity (Wildman–Crippen MR) is 55.7 cm³/mol. The molecule has 14 heavy (non-hydrogen) atoms. The van der Waals surface area contributed by atoms with Crippen molar-refractivity contribution in [3.05, 3.63) is 48.2 Å². The fraction of sp³-hybridized carbons (Fsp3) is 0.250. The van der Waals surface area contributed by atoms with E-state index in [0.717, 1.165) is 12.0 Å². The molecule has 0 aliphatic carbocycles. The van der Waals surface area contributed by atoms with Gasteiger partial charge in [-0.05, 0) is 18.9 Å². The zero-order valence-corrected chi connectivity index (χ0v) is 8.27. The zero-order valence-electron chi connectivity index (χ0n) is 8.27. The first kappa shape index (κ1) is 10.5. The molecule has 0 aliphatic heterocycles. The smallest absolute Gasteiger partial charge is 0.310 e. The SMILES string of the molecule is CC=COC(=O)CCc1ccccc1. The summed E-state index contributed by atoms with van der Waals surface area (Å²) in [6.07, 6.45) is 4.26. The predicted octanol–water partition coefficient (Wildman–Crippen LogP) is 2.70. The molecule has 0 saturated carbocycles. The third-order valence-corrected chi connectivity index (χ3v) is 1.80. The molecule has 0 atom stereocenters. The van der Waals surface area contributed by atoms with Gasteiger partial charge in [0.25, 0.3) is 0 Å². The molecule has 1 rings (SSSR count). The maximum Gasteiger partial charge on any atom is 0.310 e. The van der Waals surface area contributed by atoms with E-state index in [1.807, 2.05) is 37.3 Å². The Morgan fingerprint density at radius 3 is 2.71 bits per heavy atom. The first-order valence-corrected chi connectivity index (χ1v) is 4.67. The highest BCUT2D eigenvalue weighted by Gasteiger charge is 2.00. The van der Waals surface area contributed by atoms with E-state index in [-0.39, 0.29) is 5.97 Å². The van der Waals surface area contributed by atoms with Gasteiger partial charge >= 0.3 is 5.97 Å². The first-order chi connectivity index (χ1) is 6.83. The fourth-order valence-corrected chi connectivity index (χ4v) is 1.09. The molecular formula is C12H14O2. The third-order valence-electron chi connectivity index (χ3n) is 1.80. The van der Waals surface area contributed by atoms with E-state index in [0.29, 0.717) is 6.42 Å². The van der Waals surface area contributed by atoms with Crippen LogP contribution in [0.4, 0.5) is 0 Å². The standard InChI is InChI=1S/C12H14O2/c1-2-10-14-12(13)9-8-11-6-4-3-5-7-11/h2-7,10H,8-9H2,1H3. The minimum absolute atomic E-state index is 0.188. The van der Waals surface area contributed by atoms with Crippen molar-refractivity contribution in [1.29, 1.82) is 0 Å². The normalized spacial score (nSPS) is 10.4. The van der Waals surface area contributed by atoms with Crippen molar-refractivity contribution in [2.75, 3.05) is 0 Å². The summed E-state index contributed by atoms with van der Waals surface area (Å²) in [6.45, 7) is 1.81. The minimum atomic E-state index is -0.188. The first-order valence-electron chi connectivity index (χ1n) is 4.67. The largest absolute Gasteiger partial charge is 0.435 e. The summed E-state index contributed by atoms with van der Waals surface area (Å²) in [5, 5.41) is 0. The number of hydrogen-bond donors (Lipinski definition) is 0. The molecule has 0 heterocycles. The van der Waals surface area contributed by atoms with E-state index in [4.69, 9.17) is 4.74 Å². The molecule has 1 aromatic carbocycles. The molecule has 0 aromatic heterocycles. The topological polar surface area (TPSA) is 26.3 Å². The lowest BCUT2D eigenvalue weighted by Gasteiger charge is -1.99. The molecule has 0 unspecified atom stereocenters. The second-order valence-corrected chi connectivity index (χ2v) is 2.94. The van der Waals surface area contributed by atoms with Crippen molar-refractivity contribution in [2.24, 2.45) is 0 Å². The van der Waals surface area contributed by atoms with Gasteiger partial charge in [-0.3, -0.25) is 4.79 Å². The summed E-state index contributed by atoms with van der Waals surface area (Å²) in [7, 11) is 0. The van der Waals surface area contributed by atoms with Crippen LogP contribution >= 0.6 is 0 Å². The van der Waals surface area contributed by atoms with Crippen molar-refractivity contribution < 1.29 is 9.53 Å². The van der Waals surface area contributed by atoms with Gasteiger partial charge in [0, 0.05) is 6.42 Å². The monoisotopic (exact) mass is 190 g/mol. The maximum atomic E-state index is 11.1. The van der Waals surface area contributed by atoms with E-state index in [9.17, 15) is 4.79 Å². The van der Waals surface area contributed by atoms with Crippen LogP contribution in [0.1, 0.15) is 18.9 Å². The molecule has 0 bridgehead atoms. The Hall–Kier alpha value is -1.57. The Bertz CT molecular complexity index is 301. The van der Waals surface area contributed by atoms with Gasteiger partial charge in [-0.2, -0.15) is 0 Å². The number of aryl methyl sites for hydroxylation is 1. The molecule has 0 fully saturated rings. The van der Waals surface area contributed by atoms with Crippen LogP contribution in [0.5, 0.6) is 0 Å². The second-order valence-electron chi connectivity index (χ2n) is 2.94. The lowest BCUT2D eigenvalue weighted by molar-refractivity contribution is -0.137. The fourth-order valence-electron chi connectivity index (χ4n) is 1.09. The number of allylic oxidation sites excluding steroid dienone is 1. The van der Waals surface area contributed by atoms with Crippen LogP contribution in [-0.4, -0.2) is 5.97 Å². The number of ether oxygens (including phenoxy) is 1. The number of carbonyl (C=O) groups excluding carboxylic acids is 1. The van der Waals surface area contributed by atoms with Crippen molar-refractivity contribution >= 4 is 5.97 Å². The van der Waals surface area contributed by atoms with Crippen LogP contribution in [-0.2, 0) is 16.0 Å². The molecule has 0 radical (unpaired) electrons. The number of rotatable bonds is 4. The van der Waals surface area contributed by atoms with Gasteiger partial charge < -0.3 is 4.74 Å². The van der Waals surface area contributed by atoms with Gasteiger partial charge in [-0.1, -0.05) is 36.4 Å². The van der Waals surface area contributed by atoms with Gasteiger partial charge in [-0.15, -0.1) is 0 Å². The van der Waals surface area contributed by atoms with E-state index in [2.05, 4.69) is 0 Å². The zero-order chi connectivity index (χ0) is 10.2. The van der Waals surface area contributed by atoms with Crippen LogP contribution in [0.25, 0.3) is 0 Å². The van der Waals surface area contributed by atoms with E-state index in [1.165, 1.54) is 6.26 Å². The average Bonchev–Trinajstić information content (AvgIpc) is 2.25. The Morgan fingerprint density at radius 1 is 1.36 bits per heavy atom. The van der Waals surface area contributed by atoms with Crippen LogP contribution in [0.2, 0.25) is 0 Å². The third kappa shape index (κ3) is 3.90. The lowest BCUT2D eigenvalue weighted by atomic mass is 10.1. The van der Waals surface area contributed by atoms with E-state index in [1.54, 1.807) is 6.08 Å². The highest BCUT2D eigenvalue weighted by Crippen LogP contribution is 2.03. The van der Waals surface area contributed by atoms with Crippen LogP contribution in [0.15, 0.2) is 42.7 Å². The van der Waals surface area contributed by atoms with Gasteiger partial charge in [0.15, 0.2) is 0 Å². The van der Waals surface area contributed by atoms with Gasteiger partial charge in [0.1, 0.15) is 0 Å². The quantitative estimate of drug-likeness (QED) is 0.539. The van der Waals surface area contributed by atoms with Crippen LogP contribution in [0.3, 0.4) is 0 Å². The van der Waals surface area contributed by atoms with Crippen LogP contribution in [0, 0.1) is 0 Å². The summed E-state index contributed by atoms with van der Waals surface area (Å²) in [5.74, 6) is -0.188. The Kier molecular flexibility index (Phi) is 4.48. The molecule has 1 aromatic rings. The highest BCUT2D eigenvalue weighted by atomic mass is 16.5. The average molecular weight is 190 g/mol. The van der Waals surface area contributed by atoms with Crippen molar-refractivity contribution in [3.63, 3.8) is 0 Å². The molecule has 0 saturated heterocycles. The lowest BCUT2D eigenvalue weighted by Crippen LogP contribution is -2.01. The number of carbonyl (C=O) groups is 1. The van der Waals surface area contributed by atoms with Crippen LogP contribution < -0.4 is 0 Å². The van der Waals surface area contributed by atoms with Crippen molar-refractivity contribution in [2.45, 2.75) is 19.8 Å². The molecule has 74 valence electrons. The van der Waals surface area contributed by atoms with E-state index < -0.39 is 0 Å². The summed E-state index contributed by atoms with van der Waals surface area (Å²) in [5.41, 5.74) is 1.16. The number of hydrogen-bond acceptors (Lipinski definition) is 2. The minimum Gasteiger partial charge on any atom is -0.435 e. The summed E-state index contributed by atoms with van der Waals surface area (Å²) in [4.78, 5) is 11.1. The molecule has 2 nitrogen and oxygen atoms in total. The van der Waals surface area contributed by atoms with Gasteiger partial charge in [0.05, 0.1) is 6.26 Å². The summed E-state index contributed by atoms with van der Waals surface area (Å²) >= 11 is 0. The Labute approximate surface area is 84.2 Å². The van der Waals surface area contributed by atoms with Gasteiger partial charge in [-0.25, -0.2) is 0 Å². The summed E-state index contributed by atoms with van der Waals surface area (Å²) < 4.78 is 4.79. The van der Waals surface area contributed by atoms with Crippen molar-refractivity contribution in [3.8, 4) is 0 Å². The van der Waals surface area contributed by atoms with Crippen molar-refractivity contribution in [1.82, 2.24) is 0 Å². The second kappa shape index (κ2) is 5.97. The Morgan fingerprint density at radius 2 is 2.07 bits per heavy atom. The van der Waals surface area contributed by atoms with E-state index >= 15 is 0 Å². The molecule has 0 N–H and O–H groups in total. The number of esters is 1. The Balaban J connectivity index is 2.31. The molecule has 0 spiro atoms. The summed E-state index contributed by atoms with van der Waals surface area (Å²) in [6, 6.07) is 9.90. The molecule has 0 amide bonds. The molecule has 0 aliphatic rings.